The minimum Gasteiger partial charge on any atom is -0.421 e. The summed E-state index contributed by atoms with van der Waals surface area (Å²) in [4.78, 5) is 24.8. The molecule has 0 fully saturated rings. The molecule has 0 amide bonds. The van der Waals surface area contributed by atoms with Crippen LogP contribution in [0.15, 0.2) is 44.4 Å². The Morgan fingerprint density at radius 2 is 2.06 bits per heavy atom. The molecule has 0 unspecified atom stereocenters. The SMILES string of the molecule is O=c1cc(Cc2cccc(Br)c2)[nH]c(=O)n1O. The number of nitrogens with zero attached hydrogens (tertiary/aromatic N) is 1. The zero-order valence-electron chi connectivity index (χ0n) is 8.68. The van der Waals surface area contributed by atoms with Crippen LogP contribution in [0.3, 0.4) is 0 Å². The first kappa shape index (κ1) is 11.7. The predicted molar refractivity (Wildman–Crippen MR) is 65.5 cm³/mol. The zero-order valence-corrected chi connectivity index (χ0v) is 10.3. The van der Waals surface area contributed by atoms with Crippen molar-refractivity contribution in [3.8, 4) is 0 Å². The lowest BCUT2D eigenvalue weighted by molar-refractivity contribution is 0.160. The summed E-state index contributed by atoms with van der Waals surface area (Å²) >= 11 is 3.34. The molecule has 17 heavy (non-hydrogen) atoms. The molecule has 1 heterocycles. The molecule has 0 aliphatic carbocycles. The van der Waals surface area contributed by atoms with Crippen LogP contribution in [-0.2, 0) is 6.42 Å². The Hall–Kier alpha value is -1.82. The Morgan fingerprint density at radius 1 is 1.29 bits per heavy atom. The van der Waals surface area contributed by atoms with Crippen LogP contribution in [0.1, 0.15) is 11.3 Å². The molecular weight excluding hydrogens is 288 g/mol. The van der Waals surface area contributed by atoms with Crippen molar-refractivity contribution in [2.75, 3.05) is 0 Å². The van der Waals surface area contributed by atoms with Crippen molar-refractivity contribution in [3.05, 3.63) is 66.9 Å². The molecule has 0 atom stereocenters. The number of hydrogen-bond acceptors (Lipinski definition) is 3. The van der Waals surface area contributed by atoms with Gasteiger partial charge in [-0.15, -0.1) is 0 Å². The summed E-state index contributed by atoms with van der Waals surface area (Å²) in [5.41, 5.74) is -0.158. The highest BCUT2D eigenvalue weighted by Gasteiger charge is 2.03. The first-order valence-electron chi connectivity index (χ1n) is 4.85. The normalized spacial score (nSPS) is 10.4. The first-order chi connectivity index (χ1) is 8.06. The topological polar surface area (TPSA) is 75.1 Å². The second-order valence-electron chi connectivity index (χ2n) is 3.56. The van der Waals surface area contributed by atoms with Gasteiger partial charge in [-0.25, -0.2) is 4.79 Å². The fraction of sp³-hybridized carbons (Fsp3) is 0.0909. The third kappa shape index (κ3) is 2.65. The molecule has 0 bridgehead atoms. The van der Waals surface area contributed by atoms with E-state index in [1.165, 1.54) is 6.07 Å². The van der Waals surface area contributed by atoms with E-state index in [-0.39, 0.29) is 4.73 Å². The van der Waals surface area contributed by atoms with Crippen LogP contribution < -0.4 is 11.2 Å². The maximum atomic E-state index is 11.2. The van der Waals surface area contributed by atoms with Crippen LogP contribution in [0.5, 0.6) is 0 Å². The minimum absolute atomic E-state index is 0.0460. The van der Waals surface area contributed by atoms with Gasteiger partial charge < -0.3 is 10.2 Å². The monoisotopic (exact) mass is 296 g/mol. The number of hydrogen-bond donors (Lipinski definition) is 2. The third-order valence-corrected chi connectivity index (χ3v) is 2.74. The molecule has 1 aromatic carbocycles. The molecule has 0 aliphatic heterocycles. The Morgan fingerprint density at radius 3 is 2.71 bits per heavy atom. The summed E-state index contributed by atoms with van der Waals surface area (Å²) in [5, 5.41) is 8.99. The number of aromatic nitrogens is 2. The van der Waals surface area contributed by atoms with Crippen molar-refractivity contribution in [1.82, 2.24) is 9.71 Å². The quantitative estimate of drug-likeness (QED) is 0.816. The van der Waals surface area contributed by atoms with Crippen molar-refractivity contribution in [3.63, 3.8) is 0 Å². The Labute approximate surface area is 104 Å². The zero-order chi connectivity index (χ0) is 12.4. The summed E-state index contributed by atoms with van der Waals surface area (Å²) in [6.07, 6.45) is 0.421. The van der Waals surface area contributed by atoms with Crippen molar-refractivity contribution in [2.45, 2.75) is 6.42 Å². The molecule has 0 aliphatic rings. The third-order valence-electron chi connectivity index (χ3n) is 2.25. The Bertz CT molecular complexity index is 629. The average molecular weight is 297 g/mol. The molecule has 2 N–H and O–H groups in total. The molecular formula is C11H9BrN2O3. The molecule has 5 nitrogen and oxygen atoms in total. The lowest BCUT2D eigenvalue weighted by Gasteiger charge is -2.02. The van der Waals surface area contributed by atoms with Gasteiger partial charge in [0, 0.05) is 22.7 Å². The van der Waals surface area contributed by atoms with Gasteiger partial charge >= 0.3 is 5.69 Å². The van der Waals surface area contributed by atoms with Crippen LogP contribution in [0.2, 0.25) is 0 Å². The van der Waals surface area contributed by atoms with Gasteiger partial charge in [0.15, 0.2) is 0 Å². The molecule has 0 saturated carbocycles. The van der Waals surface area contributed by atoms with E-state index in [9.17, 15) is 9.59 Å². The molecule has 0 radical (unpaired) electrons. The van der Waals surface area contributed by atoms with E-state index in [1.54, 1.807) is 0 Å². The van der Waals surface area contributed by atoms with E-state index >= 15 is 0 Å². The summed E-state index contributed by atoms with van der Waals surface area (Å²) in [6, 6.07) is 8.72. The number of rotatable bonds is 2. The smallest absolute Gasteiger partial charge is 0.362 e. The lowest BCUT2D eigenvalue weighted by Crippen LogP contribution is -2.33. The summed E-state index contributed by atoms with van der Waals surface area (Å²) in [5.74, 6) is 0. The fourth-order valence-electron chi connectivity index (χ4n) is 1.50. The van der Waals surface area contributed by atoms with Gasteiger partial charge in [-0.3, -0.25) is 4.79 Å². The molecule has 1 aromatic heterocycles. The second kappa shape index (κ2) is 4.58. The minimum atomic E-state index is -0.831. The maximum Gasteiger partial charge on any atom is 0.362 e. The van der Waals surface area contributed by atoms with E-state index in [0.29, 0.717) is 12.1 Å². The molecule has 2 aromatic rings. The average Bonchev–Trinajstić information content (AvgIpc) is 2.26. The predicted octanol–water partition coefficient (Wildman–Crippen LogP) is 1.13. The van der Waals surface area contributed by atoms with Gasteiger partial charge in [0.2, 0.25) is 0 Å². The molecule has 6 heteroatoms. The highest BCUT2D eigenvalue weighted by molar-refractivity contribution is 9.10. The highest BCUT2D eigenvalue weighted by atomic mass is 79.9. The van der Waals surface area contributed by atoms with Crippen LogP contribution in [-0.4, -0.2) is 14.9 Å². The van der Waals surface area contributed by atoms with Crippen LogP contribution in [0, 0.1) is 0 Å². The largest absolute Gasteiger partial charge is 0.421 e. The van der Waals surface area contributed by atoms with Crippen molar-refractivity contribution >= 4 is 15.9 Å². The molecule has 88 valence electrons. The Balaban J connectivity index is 2.37. The second-order valence-corrected chi connectivity index (χ2v) is 4.47. The standard InChI is InChI=1S/C11H9BrN2O3/c12-8-3-1-2-7(4-8)5-9-6-10(15)14(17)11(16)13-9/h1-4,6,17H,5H2,(H,13,16). The van der Waals surface area contributed by atoms with E-state index in [2.05, 4.69) is 20.9 Å². The molecule has 2 rings (SSSR count). The first-order valence-corrected chi connectivity index (χ1v) is 5.64. The molecule has 0 spiro atoms. The van der Waals surface area contributed by atoms with Gasteiger partial charge in [0.1, 0.15) is 0 Å². The summed E-state index contributed by atoms with van der Waals surface area (Å²) in [6.45, 7) is 0. The summed E-state index contributed by atoms with van der Waals surface area (Å²) in [7, 11) is 0. The van der Waals surface area contributed by atoms with E-state index < -0.39 is 11.2 Å². The van der Waals surface area contributed by atoms with Crippen molar-refractivity contribution in [2.24, 2.45) is 0 Å². The van der Waals surface area contributed by atoms with E-state index in [0.717, 1.165) is 10.0 Å². The van der Waals surface area contributed by atoms with Crippen LogP contribution in [0.25, 0.3) is 0 Å². The van der Waals surface area contributed by atoms with Gasteiger partial charge in [-0.05, 0) is 17.7 Å². The number of halogens is 1. The lowest BCUT2D eigenvalue weighted by atomic mass is 10.1. The van der Waals surface area contributed by atoms with Crippen molar-refractivity contribution in [1.29, 1.82) is 0 Å². The van der Waals surface area contributed by atoms with Crippen LogP contribution in [0.4, 0.5) is 0 Å². The van der Waals surface area contributed by atoms with E-state index in [4.69, 9.17) is 5.21 Å². The maximum absolute atomic E-state index is 11.2. The van der Waals surface area contributed by atoms with Gasteiger partial charge in [-0.2, -0.15) is 0 Å². The Kier molecular flexibility index (Phi) is 3.14. The number of H-pyrrole nitrogens is 1. The van der Waals surface area contributed by atoms with E-state index in [1.807, 2.05) is 24.3 Å². The van der Waals surface area contributed by atoms with Crippen LogP contribution >= 0.6 is 15.9 Å². The number of benzene rings is 1. The number of aromatic amines is 1. The summed E-state index contributed by atoms with van der Waals surface area (Å²) < 4.78 is 0.970. The van der Waals surface area contributed by atoms with Crippen molar-refractivity contribution < 1.29 is 5.21 Å². The van der Waals surface area contributed by atoms with Gasteiger partial charge in [0.25, 0.3) is 5.56 Å². The van der Waals surface area contributed by atoms with Gasteiger partial charge in [0.05, 0.1) is 0 Å². The number of nitrogens with one attached hydrogen (secondary N) is 1. The highest BCUT2D eigenvalue weighted by Crippen LogP contribution is 2.13. The van der Waals surface area contributed by atoms with Gasteiger partial charge in [-0.1, -0.05) is 32.8 Å². The fourth-order valence-corrected chi connectivity index (χ4v) is 1.95. The molecule has 0 saturated heterocycles.